The predicted octanol–water partition coefficient (Wildman–Crippen LogP) is 3.48. The number of nitrogens with zero attached hydrogens (tertiary/aromatic N) is 3. The molecule has 3 aromatic rings. The Morgan fingerprint density at radius 2 is 1.64 bits per heavy atom. The molecule has 4 nitrogen and oxygen atoms in total. The van der Waals surface area contributed by atoms with Gasteiger partial charge >= 0.3 is 0 Å². The van der Waals surface area contributed by atoms with E-state index in [2.05, 4.69) is 20.9 Å². The summed E-state index contributed by atoms with van der Waals surface area (Å²) in [5, 5.41) is 3.37. The predicted molar refractivity (Wildman–Crippen MR) is 105 cm³/mol. The van der Waals surface area contributed by atoms with Gasteiger partial charge in [0.05, 0.1) is 17.6 Å². The standard InChI is InChI=1S/C18H19FN4.2ClH/c19-15-7-5-14(6-8-15)13-23-17-4-2-1-3-16(17)21-18(23)22-11-9-20-10-12-22;;/h1-8,20H,9-13H2;2*1H. The zero-order valence-electron chi connectivity index (χ0n) is 13.7. The van der Waals surface area contributed by atoms with Crippen molar-refractivity contribution in [2.45, 2.75) is 6.54 Å². The van der Waals surface area contributed by atoms with Gasteiger partial charge in [0.1, 0.15) is 5.82 Å². The van der Waals surface area contributed by atoms with Gasteiger partial charge in [0.25, 0.3) is 0 Å². The Bertz CT molecular complexity index is 814. The summed E-state index contributed by atoms with van der Waals surface area (Å²) in [5.41, 5.74) is 3.19. The average molecular weight is 383 g/mol. The Kier molecular flexibility index (Phi) is 6.64. The van der Waals surface area contributed by atoms with Crippen LogP contribution in [0.25, 0.3) is 11.0 Å². The molecule has 1 aliphatic heterocycles. The van der Waals surface area contributed by atoms with Crippen molar-refractivity contribution >= 4 is 41.8 Å². The van der Waals surface area contributed by atoms with E-state index in [4.69, 9.17) is 4.98 Å². The molecule has 4 rings (SSSR count). The smallest absolute Gasteiger partial charge is 0.206 e. The van der Waals surface area contributed by atoms with Crippen LogP contribution in [-0.4, -0.2) is 35.7 Å². The summed E-state index contributed by atoms with van der Waals surface area (Å²) in [6.45, 7) is 4.54. The van der Waals surface area contributed by atoms with Gasteiger partial charge in [-0.2, -0.15) is 0 Å². The summed E-state index contributed by atoms with van der Waals surface area (Å²) in [7, 11) is 0. The van der Waals surface area contributed by atoms with E-state index in [0.29, 0.717) is 6.54 Å². The second kappa shape index (κ2) is 8.52. The fourth-order valence-electron chi connectivity index (χ4n) is 3.10. The maximum absolute atomic E-state index is 13.2. The lowest BCUT2D eigenvalue weighted by Crippen LogP contribution is -2.44. The summed E-state index contributed by atoms with van der Waals surface area (Å²) in [5.74, 6) is 0.795. The van der Waals surface area contributed by atoms with Crippen molar-refractivity contribution in [2.24, 2.45) is 0 Å². The Labute approximate surface area is 158 Å². The number of para-hydroxylation sites is 2. The highest BCUT2D eigenvalue weighted by Gasteiger charge is 2.18. The first-order valence-corrected chi connectivity index (χ1v) is 7.97. The van der Waals surface area contributed by atoms with Crippen molar-refractivity contribution in [3.63, 3.8) is 0 Å². The fraction of sp³-hybridized carbons (Fsp3) is 0.278. The fourth-order valence-corrected chi connectivity index (χ4v) is 3.10. The summed E-state index contributed by atoms with van der Waals surface area (Å²) < 4.78 is 15.4. The number of anilines is 1. The molecule has 134 valence electrons. The van der Waals surface area contributed by atoms with Gasteiger partial charge in [-0.15, -0.1) is 24.8 Å². The van der Waals surface area contributed by atoms with Gasteiger partial charge in [-0.1, -0.05) is 24.3 Å². The lowest BCUT2D eigenvalue weighted by atomic mass is 10.2. The van der Waals surface area contributed by atoms with Crippen LogP contribution in [0.3, 0.4) is 0 Å². The molecule has 0 bridgehead atoms. The number of fused-ring (bicyclic) bond motifs is 1. The first kappa shape index (κ1) is 19.5. The second-order valence-electron chi connectivity index (χ2n) is 5.85. The minimum atomic E-state index is -0.202. The first-order chi connectivity index (χ1) is 11.3. The summed E-state index contributed by atoms with van der Waals surface area (Å²) in [6, 6.07) is 14.9. The minimum absolute atomic E-state index is 0. The van der Waals surface area contributed by atoms with Gasteiger partial charge in [-0.25, -0.2) is 9.37 Å². The van der Waals surface area contributed by atoms with E-state index in [1.165, 1.54) is 12.1 Å². The van der Waals surface area contributed by atoms with E-state index in [-0.39, 0.29) is 30.6 Å². The molecule has 1 fully saturated rings. The van der Waals surface area contributed by atoms with E-state index >= 15 is 0 Å². The van der Waals surface area contributed by atoms with Gasteiger partial charge in [0.2, 0.25) is 5.95 Å². The number of hydrogen-bond donors (Lipinski definition) is 1. The highest BCUT2D eigenvalue weighted by atomic mass is 35.5. The van der Waals surface area contributed by atoms with E-state index in [9.17, 15) is 4.39 Å². The molecule has 25 heavy (non-hydrogen) atoms. The zero-order chi connectivity index (χ0) is 15.6. The molecule has 0 radical (unpaired) electrons. The molecular formula is C18H21Cl2FN4. The van der Waals surface area contributed by atoms with Crippen molar-refractivity contribution in [1.29, 1.82) is 0 Å². The van der Waals surface area contributed by atoms with E-state index in [1.54, 1.807) is 0 Å². The summed E-state index contributed by atoms with van der Waals surface area (Å²) in [4.78, 5) is 7.16. The van der Waals surface area contributed by atoms with Crippen LogP contribution >= 0.6 is 24.8 Å². The zero-order valence-corrected chi connectivity index (χ0v) is 15.3. The number of nitrogens with one attached hydrogen (secondary N) is 1. The molecule has 7 heteroatoms. The molecule has 1 N–H and O–H groups in total. The maximum Gasteiger partial charge on any atom is 0.206 e. The lowest BCUT2D eigenvalue weighted by molar-refractivity contribution is 0.571. The van der Waals surface area contributed by atoms with Crippen LogP contribution in [0.1, 0.15) is 5.56 Å². The molecule has 0 saturated carbocycles. The Morgan fingerprint density at radius 3 is 2.36 bits per heavy atom. The number of imidazole rings is 1. The summed E-state index contributed by atoms with van der Waals surface area (Å²) in [6.07, 6.45) is 0. The first-order valence-electron chi connectivity index (χ1n) is 7.97. The van der Waals surface area contributed by atoms with Crippen LogP contribution in [0.15, 0.2) is 48.5 Å². The molecule has 2 aromatic carbocycles. The van der Waals surface area contributed by atoms with Gasteiger partial charge in [0, 0.05) is 26.2 Å². The van der Waals surface area contributed by atoms with Crippen LogP contribution in [0.4, 0.5) is 10.3 Å². The number of benzene rings is 2. The van der Waals surface area contributed by atoms with Crippen LogP contribution in [0, 0.1) is 5.82 Å². The average Bonchev–Trinajstić information content (AvgIpc) is 2.96. The molecule has 0 atom stereocenters. The molecule has 2 heterocycles. The number of halogens is 3. The minimum Gasteiger partial charge on any atom is -0.340 e. The molecule has 0 amide bonds. The lowest BCUT2D eigenvalue weighted by Gasteiger charge is -2.29. The van der Waals surface area contributed by atoms with Gasteiger partial charge in [-0.05, 0) is 29.8 Å². The Hall–Kier alpha value is -1.82. The largest absolute Gasteiger partial charge is 0.340 e. The van der Waals surface area contributed by atoms with Crippen LogP contribution in [-0.2, 0) is 6.54 Å². The third kappa shape index (κ3) is 4.06. The molecule has 0 aliphatic carbocycles. The van der Waals surface area contributed by atoms with Crippen LogP contribution in [0.5, 0.6) is 0 Å². The molecular weight excluding hydrogens is 362 g/mol. The third-order valence-electron chi connectivity index (χ3n) is 4.29. The van der Waals surface area contributed by atoms with Gasteiger partial charge in [0.15, 0.2) is 0 Å². The monoisotopic (exact) mass is 382 g/mol. The van der Waals surface area contributed by atoms with Gasteiger partial charge < -0.3 is 14.8 Å². The number of aromatic nitrogens is 2. The molecule has 1 saturated heterocycles. The molecule has 0 unspecified atom stereocenters. The second-order valence-corrected chi connectivity index (χ2v) is 5.85. The highest BCUT2D eigenvalue weighted by molar-refractivity contribution is 5.85. The molecule has 1 aromatic heterocycles. The maximum atomic E-state index is 13.2. The van der Waals surface area contributed by atoms with Crippen molar-refractivity contribution in [3.8, 4) is 0 Å². The number of hydrogen-bond acceptors (Lipinski definition) is 3. The number of rotatable bonds is 3. The SMILES string of the molecule is Cl.Cl.Fc1ccc(Cn2c(N3CCNCC3)nc3ccccc32)cc1. The van der Waals surface area contributed by atoms with Crippen LogP contribution in [0.2, 0.25) is 0 Å². The normalized spacial score (nSPS) is 14.0. The Morgan fingerprint density at radius 1 is 0.960 bits per heavy atom. The van der Waals surface area contributed by atoms with E-state index in [0.717, 1.165) is 48.7 Å². The van der Waals surface area contributed by atoms with Crippen molar-refractivity contribution in [1.82, 2.24) is 14.9 Å². The van der Waals surface area contributed by atoms with Crippen LogP contribution < -0.4 is 10.2 Å². The van der Waals surface area contributed by atoms with Crippen molar-refractivity contribution < 1.29 is 4.39 Å². The topological polar surface area (TPSA) is 33.1 Å². The van der Waals surface area contributed by atoms with E-state index in [1.807, 2.05) is 30.3 Å². The highest BCUT2D eigenvalue weighted by Crippen LogP contribution is 2.24. The Balaban J connectivity index is 0.00000113. The number of piperazine rings is 1. The molecule has 0 spiro atoms. The van der Waals surface area contributed by atoms with Crippen molar-refractivity contribution in [2.75, 3.05) is 31.1 Å². The molecule has 1 aliphatic rings. The summed E-state index contributed by atoms with van der Waals surface area (Å²) >= 11 is 0. The third-order valence-corrected chi connectivity index (χ3v) is 4.29. The quantitative estimate of drug-likeness (QED) is 0.752. The van der Waals surface area contributed by atoms with Gasteiger partial charge in [-0.3, -0.25) is 0 Å². The van der Waals surface area contributed by atoms with E-state index < -0.39 is 0 Å². The van der Waals surface area contributed by atoms with Crippen molar-refractivity contribution in [3.05, 3.63) is 59.9 Å².